The number of anilines is 1. The van der Waals surface area contributed by atoms with Crippen LogP contribution in [0.2, 0.25) is 0 Å². The number of carbonyl (C=O) groups is 1. The molecule has 2 heterocycles. The van der Waals surface area contributed by atoms with Crippen molar-refractivity contribution in [1.29, 1.82) is 0 Å². The number of sulfone groups is 1. The number of hydrogen-bond donors (Lipinski definition) is 0. The number of hydrogen-bond acceptors (Lipinski definition) is 5. The molecule has 0 radical (unpaired) electrons. The first-order chi connectivity index (χ1) is 14.1. The van der Waals surface area contributed by atoms with Crippen LogP contribution in [-0.4, -0.2) is 68.6 Å². The molecule has 6 nitrogen and oxygen atoms in total. The second kappa shape index (κ2) is 9.69. The first-order valence-electron chi connectivity index (χ1n) is 11.1. The summed E-state index contributed by atoms with van der Waals surface area (Å²) in [4.78, 5) is 17.1. The number of morpholine rings is 1. The lowest BCUT2D eigenvalue weighted by Gasteiger charge is -2.37. The van der Waals surface area contributed by atoms with Crippen LogP contribution in [0.3, 0.4) is 0 Å². The lowest BCUT2D eigenvalue weighted by molar-refractivity contribution is -0.131. The van der Waals surface area contributed by atoms with Gasteiger partial charge in [-0.05, 0) is 64.2 Å². The van der Waals surface area contributed by atoms with Gasteiger partial charge in [0.15, 0.2) is 9.84 Å². The number of rotatable bonds is 6. The van der Waals surface area contributed by atoms with Crippen LogP contribution in [0.1, 0.15) is 46.1 Å². The van der Waals surface area contributed by atoms with E-state index >= 15 is 0 Å². The molecule has 2 atom stereocenters. The molecule has 1 aromatic rings. The van der Waals surface area contributed by atoms with Gasteiger partial charge in [0.05, 0.1) is 29.6 Å². The van der Waals surface area contributed by atoms with E-state index in [1.54, 1.807) is 13.8 Å². The summed E-state index contributed by atoms with van der Waals surface area (Å²) in [6, 6.07) is 8.24. The summed E-state index contributed by atoms with van der Waals surface area (Å²) in [6.07, 6.45) is 2.31. The summed E-state index contributed by atoms with van der Waals surface area (Å²) in [6.45, 7) is 10.7. The van der Waals surface area contributed by atoms with E-state index < -0.39 is 9.84 Å². The minimum Gasteiger partial charge on any atom is -0.372 e. The molecule has 0 bridgehead atoms. The van der Waals surface area contributed by atoms with Crippen molar-refractivity contribution in [2.24, 2.45) is 5.92 Å². The Labute approximate surface area is 181 Å². The number of ether oxygens (including phenoxy) is 1. The number of piperidine rings is 1. The molecule has 7 heteroatoms. The molecule has 0 spiro atoms. The highest BCUT2D eigenvalue weighted by molar-refractivity contribution is 7.91. The average Bonchev–Trinajstić information content (AvgIpc) is 2.67. The SMILES string of the molecule is CC(C)S(=O)(=O)CC1CCN(C(=O)Cc2cccc(N3C[C@@H](C)O[C@@H](C)C3)c2)CC1. The molecule has 1 aromatic carbocycles. The Kier molecular flexibility index (Phi) is 7.45. The fourth-order valence-corrected chi connectivity index (χ4v) is 5.78. The largest absolute Gasteiger partial charge is 0.372 e. The van der Waals surface area contributed by atoms with Gasteiger partial charge in [-0.1, -0.05) is 12.1 Å². The maximum absolute atomic E-state index is 12.8. The molecule has 0 aliphatic carbocycles. The van der Waals surface area contributed by atoms with E-state index in [2.05, 4.69) is 30.9 Å². The van der Waals surface area contributed by atoms with Crippen molar-refractivity contribution in [2.75, 3.05) is 36.8 Å². The first kappa shape index (κ1) is 23.1. The molecule has 168 valence electrons. The quantitative estimate of drug-likeness (QED) is 0.686. The molecule has 3 rings (SSSR count). The summed E-state index contributed by atoms with van der Waals surface area (Å²) in [5.74, 6) is 0.529. The van der Waals surface area contributed by atoms with Gasteiger partial charge in [0.1, 0.15) is 0 Å². The predicted octanol–water partition coefficient (Wildman–Crippen LogP) is 2.90. The molecular weight excluding hydrogens is 400 g/mol. The summed E-state index contributed by atoms with van der Waals surface area (Å²) in [5, 5.41) is -0.332. The van der Waals surface area contributed by atoms with Crippen molar-refractivity contribution in [3.05, 3.63) is 29.8 Å². The van der Waals surface area contributed by atoms with Crippen LogP contribution in [0.15, 0.2) is 24.3 Å². The van der Waals surface area contributed by atoms with Crippen LogP contribution in [0.25, 0.3) is 0 Å². The average molecular weight is 437 g/mol. The van der Waals surface area contributed by atoms with Crippen molar-refractivity contribution in [3.8, 4) is 0 Å². The van der Waals surface area contributed by atoms with Crippen molar-refractivity contribution < 1.29 is 17.9 Å². The Morgan fingerprint density at radius 1 is 1.13 bits per heavy atom. The topological polar surface area (TPSA) is 66.9 Å². The zero-order chi connectivity index (χ0) is 21.9. The lowest BCUT2D eigenvalue weighted by atomic mass is 9.98. The van der Waals surface area contributed by atoms with E-state index in [1.807, 2.05) is 17.0 Å². The molecule has 2 aliphatic rings. The lowest BCUT2D eigenvalue weighted by Crippen LogP contribution is -2.45. The molecule has 2 aliphatic heterocycles. The standard InChI is InChI=1S/C23H36N2O4S/c1-17(2)30(27,28)16-20-8-10-24(11-9-20)23(26)13-21-6-5-7-22(12-21)25-14-18(3)29-19(4)15-25/h5-7,12,17-20H,8-11,13-16H2,1-4H3/t18-,19+. The van der Waals surface area contributed by atoms with E-state index in [0.717, 1.165) is 37.2 Å². The summed E-state index contributed by atoms with van der Waals surface area (Å²) >= 11 is 0. The minimum absolute atomic E-state index is 0.126. The van der Waals surface area contributed by atoms with Gasteiger partial charge in [0, 0.05) is 31.9 Å². The Bertz CT molecular complexity index is 821. The van der Waals surface area contributed by atoms with E-state index in [-0.39, 0.29) is 35.0 Å². The van der Waals surface area contributed by atoms with E-state index in [1.165, 1.54) is 0 Å². The van der Waals surface area contributed by atoms with Gasteiger partial charge in [-0.3, -0.25) is 4.79 Å². The Morgan fingerprint density at radius 2 is 1.77 bits per heavy atom. The van der Waals surface area contributed by atoms with Crippen molar-refractivity contribution in [2.45, 2.75) is 64.4 Å². The Balaban J connectivity index is 1.54. The maximum atomic E-state index is 12.8. The van der Waals surface area contributed by atoms with E-state index in [4.69, 9.17) is 4.74 Å². The van der Waals surface area contributed by atoms with Crippen LogP contribution in [0, 0.1) is 5.92 Å². The van der Waals surface area contributed by atoms with Crippen molar-refractivity contribution >= 4 is 21.4 Å². The summed E-state index contributed by atoms with van der Waals surface area (Å²) in [7, 11) is -3.02. The van der Waals surface area contributed by atoms with Gasteiger partial charge in [-0.25, -0.2) is 8.42 Å². The van der Waals surface area contributed by atoms with Gasteiger partial charge in [0.2, 0.25) is 5.91 Å². The van der Waals surface area contributed by atoms with Crippen molar-refractivity contribution in [3.63, 3.8) is 0 Å². The predicted molar refractivity (Wildman–Crippen MR) is 121 cm³/mol. The van der Waals surface area contributed by atoms with Crippen LogP contribution in [0.4, 0.5) is 5.69 Å². The van der Waals surface area contributed by atoms with Gasteiger partial charge < -0.3 is 14.5 Å². The van der Waals surface area contributed by atoms with Gasteiger partial charge in [0.25, 0.3) is 0 Å². The maximum Gasteiger partial charge on any atom is 0.226 e. The zero-order valence-electron chi connectivity index (χ0n) is 18.7. The molecule has 2 fully saturated rings. The molecule has 0 saturated carbocycles. The normalized spacial score (nSPS) is 23.8. The minimum atomic E-state index is -3.02. The highest BCUT2D eigenvalue weighted by atomic mass is 32.2. The number of nitrogens with zero attached hydrogens (tertiary/aromatic N) is 2. The van der Waals surface area contributed by atoms with Crippen LogP contribution < -0.4 is 4.90 Å². The molecular formula is C23H36N2O4S. The number of amides is 1. The first-order valence-corrected chi connectivity index (χ1v) is 12.8. The third kappa shape index (κ3) is 5.97. The van der Waals surface area contributed by atoms with Crippen LogP contribution in [0.5, 0.6) is 0 Å². The molecule has 0 unspecified atom stereocenters. The smallest absolute Gasteiger partial charge is 0.226 e. The monoisotopic (exact) mass is 436 g/mol. The van der Waals surface area contributed by atoms with Gasteiger partial charge in [-0.15, -0.1) is 0 Å². The Hall–Kier alpha value is -1.60. The molecule has 0 aromatic heterocycles. The van der Waals surface area contributed by atoms with Gasteiger partial charge in [-0.2, -0.15) is 0 Å². The molecule has 2 saturated heterocycles. The third-order valence-electron chi connectivity index (χ3n) is 6.20. The summed E-state index contributed by atoms with van der Waals surface area (Å²) < 4.78 is 30.2. The van der Waals surface area contributed by atoms with Crippen LogP contribution in [-0.2, 0) is 25.8 Å². The fourth-order valence-electron chi connectivity index (χ4n) is 4.41. The second-order valence-electron chi connectivity index (χ2n) is 9.21. The van der Waals surface area contributed by atoms with E-state index in [9.17, 15) is 13.2 Å². The van der Waals surface area contributed by atoms with Crippen LogP contribution >= 0.6 is 0 Å². The molecule has 1 amide bonds. The number of carbonyl (C=O) groups excluding carboxylic acids is 1. The molecule has 0 N–H and O–H groups in total. The second-order valence-corrected chi connectivity index (χ2v) is 11.8. The van der Waals surface area contributed by atoms with Gasteiger partial charge >= 0.3 is 0 Å². The van der Waals surface area contributed by atoms with E-state index in [0.29, 0.717) is 19.5 Å². The van der Waals surface area contributed by atoms with Crippen molar-refractivity contribution in [1.82, 2.24) is 4.90 Å². The number of benzene rings is 1. The summed E-state index contributed by atoms with van der Waals surface area (Å²) in [5.41, 5.74) is 2.16. The fraction of sp³-hybridized carbons (Fsp3) is 0.696. The molecule has 30 heavy (non-hydrogen) atoms. The zero-order valence-corrected chi connectivity index (χ0v) is 19.5. The third-order valence-corrected chi connectivity index (χ3v) is 8.58. The number of likely N-dealkylation sites (tertiary alicyclic amines) is 1. The highest BCUT2D eigenvalue weighted by Gasteiger charge is 2.28. The Morgan fingerprint density at radius 3 is 2.37 bits per heavy atom. The highest BCUT2D eigenvalue weighted by Crippen LogP contribution is 2.24.